The van der Waals surface area contributed by atoms with Crippen molar-refractivity contribution >= 4 is 23.4 Å². The Hall–Kier alpha value is -1.36. The molecule has 0 saturated heterocycles. The minimum atomic E-state index is -0.0765. The Morgan fingerprint density at radius 1 is 1.30 bits per heavy atom. The van der Waals surface area contributed by atoms with Gasteiger partial charge in [0.05, 0.1) is 12.8 Å². The number of thioether (sulfide) groups is 1. The Balaban J connectivity index is 2.29. The number of hydrogen-bond acceptors (Lipinski definition) is 4. The summed E-state index contributed by atoms with van der Waals surface area (Å²) in [5.41, 5.74) is 6.84. The van der Waals surface area contributed by atoms with Crippen LogP contribution in [0.15, 0.2) is 18.2 Å². The van der Waals surface area contributed by atoms with Crippen molar-refractivity contribution in [3.05, 3.63) is 23.8 Å². The van der Waals surface area contributed by atoms with E-state index in [0.717, 1.165) is 12.8 Å². The van der Waals surface area contributed by atoms with Crippen molar-refractivity contribution in [1.82, 2.24) is 5.32 Å². The summed E-state index contributed by atoms with van der Waals surface area (Å²) < 4.78 is 5.11. The molecule has 0 aliphatic rings. The van der Waals surface area contributed by atoms with E-state index in [1.165, 1.54) is 18.6 Å². The van der Waals surface area contributed by atoms with Crippen molar-refractivity contribution in [1.29, 1.82) is 0 Å². The van der Waals surface area contributed by atoms with Gasteiger partial charge in [-0.15, -0.1) is 0 Å². The van der Waals surface area contributed by atoms with Gasteiger partial charge in [-0.25, -0.2) is 0 Å². The normalized spacial score (nSPS) is 10.3. The highest BCUT2D eigenvalue weighted by Gasteiger charge is 2.08. The van der Waals surface area contributed by atoms with E-state index in [2.05, 4.69) is 11.6 Å². The molecular weight excluding hydrogens is 272 g/mol. The van der Waals surface area contributed by atoms with Crippen molar-refractivity contribution in [3.8, 4) is 5.75 Å². The lowest BCUT2D eigenvalue weighted by Gasteiger charge is -2.08. The van der Waals surface area contributed by atoms with Gasteiger partial charge in [0.2, 0.25) is 0 Å². The lowest BCUT2D eigenvalue weighted by atomic mass is 10.1. The van der Waals surface area contributed by atoms with E-state index in [0.29, 0.717) is 23.5 Å². The molecule has 0 fully saturated rings. The Morgan fingerprint density at radius 2 is 2.05 bits per heavy atom. The van der Waals surface area contributed by atoms with E-state index in [-0.39, 0.29) is 5.91 Å². The summed E-state index contributed by atoms with van der Waals surface area (Å²) in [5, 5.41) is 2.92. The molecule has 0 radical (unpaired) electrons. The highest BCUT2D eigenvalue weighted by atomic mass is 32.2. The number of rotatable bonds is 9. The van der Waals surface area contributed by atoms with Gasteiger partial charge < -0.3 is 15.8 Å². The number of benzene rings is 1. The fourth-order valence-electron chi connectivity index (χ4n) is 1.88. The molecule has 0 bridgehead atoms. The molecule has 0 aromatic heterocycles. The molecular formula is C15H24N2O2S. The first-order valence-electron chi connectivity index (χ1n) is 6.89. The third-order valence-corrected chi connectivity index (χ3v) is 3.75. The Kier molecular flexibility index (Phi) is 7.95. The third kappa shape index (κ3) is 5.74. The predicted octanol–water partition coefficient (Wildman–Crippen LogP) is 2.93. The van der Waals surface area contributed by atoms with Crippen LogP contribution in [0.5, 0.6) is 5.75 Å². The zero-order chi connectivity index (χ0) is 14.8. The van der Waals surface area contributed by atoms with Crippen LogP contribution in [0.4, 0.5) is 5.69 Å². The largest absolute Gasteiger partial charge is 0.495 e. The van der Waals surface area contributed by atoms with Crippen LogP contribution in [0, 0.1) is 0 Å². The fraction of sp³-hybridized carbons (Fsp3) is 0.533. The lowest BCUT2D eigenvalue weighted by molar-refractivity contribution is 0.0952. The number of carbonyl (C=O) groups is 1. The number of nitrogens with one attached hydrogen (secondary N) is 1. The van der Waals surface area contributed by atoms with Crippen LogP contribution in [0.3, 0.4) is 0 Å². The second-order valence-electron chi connectivity index (χ2n) is 4.62. The molecule has 1 aromatic rings. The minimum Gasteiger partial charge on any atom is -0.495 e. The maximum atomic E-state index is 11.9. The zero-order valence-corrected chi connectivity index (χ0v) is 13.1. The van der Waals surface area contributed by atoms with Crippen LogP contribution in [0.25, 0.3) is 0 Å². The van der Waals surface area contributed by atoms with E-state index >= 15 is 0 Å². The Labute approximate surface area is 125 Å². The van der Waals surface area contributed by atoms with E-state index in [1.54, 1.807) is 25.3 Å². The standard InChI is InChI=1S/C15H24N2O2S/c1-19-14-11-12(7-8-13(14)16)15(18)17-9-5-3-4-6-10-20-2/h7-8,11H,3-6,9-10,16H2,1-2H3,(H,17,18). The van der Waals surface area contributed by atoms with Crippen LogP contribution < -0.4 is 15.8 Å². The van der Waals surface area contributed by atoms with Crippen LogP contribution in [-0.2, 0) is 0 Å². The maximum absolute atomic E-state index is 11.9. The number of amides is 1. The molecule has 5 heteroatoms. The summed E-state index contributed by atoms with van der Waals surface area (Å²) in [4.78, 5) is 11.9. The van der Waals surface area contributed by atoms with Crippen molar-refractivity contribution < 1.29 is 9.53 Å². The molecule has 1 amide bonds. The predicted molar refractivity (Wildman–Crippen MR) is 86.6 cm³/mol. The Bertz CT molecular complexity index is 424. The zero-order valence-electron chi connectivity index (χ0n) is 12.3. The number of methoxy groups -OCH3 is 1. The van der Waals surface area contributed by atoms with Gasteiger partial charge in [0.25, 0.3) is 5.91 Å². The maximum Gasteiger partial charge on any atom is 0.251 e. The van der Waals surface area contributed by atoms with Crippen LogP contribution in [-0.4, -0.2) is 31.6 Å². The van der Waals surface area contributed by atoms with Crippen LogP contribution in [0.2, 0.25) is 0 Å². The molecule has 0 heterocycles. The number of nitrogens with two attached hydrogens (primary N) is 1. The van der Waals surface area contributed by atoms with E-state index in [9.17, 15) is 4.79 Å². The topological polar surface area (TPSA) is 64.3 Å². The van der Waals surface area contributed by atoms with Crippen molar-refractivity contribution in [2.45, 2.75) is 25.7 Å². The SMILES string of the molecule is COc1cc(C(=O)NCCCCCCSC)ccc1N. The summed E-state index contributed by atoms with van der Waals surface area (Å²) in [6.07, 6.45) is 6.79. The summed E-state index contributed by atoms with van der Waals surface area (Å²) >= 11 is 1.88. The third-order valence-electron chi connectivity index (χ3n) is 3.06. The lowest BCUT2D eigenvalue weighted by Crippen LogP contribution is -2.24. The number of unbranched alkanes of at least 4 members (excludes halogenated alkanes) is 3. The highest BCUT2D eigenvalue weighted by Crippen LogP contribution is 2.21. The summed E-state index contributed by atoms with van der Waals surface area (Å²) in [6.45, 7) is 0.713. The fourth-order valence-corrected chi connectivity index (χ4v) is 2.37. The number of ether oxygens (including phenoxy) is 1. The van der Waals surface area contributed by atoms with Gasteiger partial charge in [0.15, 0.2) is 0 Å². The summed E-state index contributed by atoms with van der Waals surface area (Å²) in [5.74, 6) is 1.68. The van der Waals surface area contributed by atoms with Gasteiger partial charge in [-0.2, -0.15) is 11.8 Å². The molecule has 112 valence electrons. The molecule has 0 aliphatic carbocycles. The minimum absolute atomic E-state index is 0.0765. The quantitative estimate of drug-likeness (QED) is 0.543. The Morgan fingerprint density at radius 3 is 2.75 bits per heavy atom. The molecule has 20 heavy (non-hydrogen) atoms. The van der Waals surface area contributed by atoms with Gasteiger partial charge in [-0.3, -0.25) is 4.79 Å². The molecule has 0 saturated carbocycles. The number of carbonyl (C=O) groups excluding carboxylic acids is 1. The van der Waals surface area contributed by atoms with E-state index in [1.807, 2.05) is 11.8 Å². The van der Waals surface area contributed by atoms with E-state index < -0.39 is 0 Å². The van der Waals surface area contributed by atoms with Crippen molar-refractivity contribution in [3.63, 3.8) is 0 Å². The first kappa shape index (κ1) is 16.7. The summed E-state index contributed by atoms with van der Waals surface area (Å²) in [6, 6.07) is 5.07. The van der Waals surface area contributed by atoms with Crippen LogP contribution >= 0.6 is 11.8 Å². The number of hydrogen-bond donors (Lipinski definition) is 2. The summed E-state index contributed by atoms with van der Waals surface area (Å²) in [7, 11) is 1.54. The van der Waals surface area contributed by atoms with Crippen molar-refractivity contribution in [2.24, 2.45) is 0 Å². The molecule has 0 unspecified atom stereocenters. The molecule has 0 spiro atoms. The van der Waals surface area contributed by atoms with Crippen LogP contribution in [0.1, 0.15) is 36.0 Å². The molecule has 1 rings (SSSR count). The van der Waals surface area contributed by atoms with Gasteiger partial charge in [0, 0.05) is 12.1 Å². The monoisotopic (exact) mass is 296 g/mol. The van der Waals surface area contributed by atoms with Gasteiger partial charge in [-0.1, -0.05) is 12.8 Å². The first-order valence-corrected chi connectivity index (χ1v) is 8.29. The second-order valence-corrected chi connectivity index (χ2v) is 5.61. The van der Waals surface area contributed by atoms with Crippen molar-refractivity contribution in [2.75, 3.05) is 31.4 Å². The molecule has 1 aromatic carbocycles. The van der Waals surface area contributed by atoms with Gasteiger partial charge in [-0.05, 0) is 43.0 Å². The van der Waals surface area contributed by atoms with Gasteiger partial charge in [0.1, 0.15) is 5.75 Å². The molecule has 3 N–H and O–H groups in total. The average molecular weight is 296 g/mol. The van der Waals surface area contributed by atoms with E-state index in [4.69, 9.17) is 10.5 Å². The highest BCUT2D eigenvalue weighted by molar-refractivity contribution is 7.98. The van der Waals surface area contributed by atoms with Gasteiger partial charge >= 0.3 is 0 Å². The second kappa shape index (κ2) is 9.53. The molecule has 4 nitrogen and oxygen atoms in total. The first-order chi connectivity index (χ1) is 9.69. The molecule has 0 atom stereocenters. The number of anilines is 1. The smallest absolute Gasteiger partial charge is 0.251 e. The number of nitrogen functional groups attached to an aromatic ring is 1. The average Bonchev–Trinajstić information content (AvgIpc) is 2.46. The molecule has 0 aliphatic heterocycles.